The van der Waals surface area contributed by atoms with Crippen LogP contribution in [-0.2, 0) is 9.59 Å². The minimum Gasteiger partial charge on any atom is -0.355 e. The molecule has 2 atom stereocenters. The molecule has 2 heterocycles. The van der Waals surface area contributed by atoms with E-state index < -0.39 is 12.7 Å². The van der Waals surface area contributed by atoms with Crippen LogP contribution < -0.4 is 10.6 Å². The molecule has 2 unspecified atom stereocenters. The largest absolute Gasteiger partial charge is 0.401 e. The van der Waals surface area contributed by atoms with Crippen LogP contribution in [0.1, 0.15) is 19.3 Å². The van der Waals surface area contributed by atoms with Crippen LogP contribution in [0.3, 0.4) is 0 Å². The molecule has 2 amide bonds. The summed E-state index contributed by atoms with van der Waals surface area (Å²) in [6.07, 6.45) is -2.63. The molecule has 0 aromatic rings. The molecule has 2 aliphatic heterocycles. The van der Waals surface area contributed by atoms with E-state index in [0.29, 0.717) is 45.4 Å². The molecule has 2 fully saturated rings. The number of halogens is 3. The third-order valence-electron chi connectivity index (χ3n) is 3.97. The summed E-state index contributed by atoms with van der Waals surface area (Å²) < 4.78 is 36.8. The lowest BCUT2D eigenvalue weighted by Crippen LogP contribution is -2.44. The van der Waals surface area contributed by atoms with Crippen molar-refractivity contribution in [3.05, 3.63) is 0 Å². The number of nitrogens with one attached hydrogen (secondary N) is 2. The summed E-state index contributed by atoms with van der Waals surface area (Å²) in [5, 5.41) is 5.44. The van der Waals surface area contributed by atoms with Crippen LogP contribution in [0.2, 0.25) is 0 Å². The molecule has 0 spiro atoms. The summed E-state index contributed by atoms with van der Waals surface area (Å²) in [6.45, 7) is 0.639. The Balaban J connectivity index is 1.67. The second-order valence-electron chi connectivity index (χ2n) is 5.79. The van der Waals surface area contributed by atoms with Crippen molar-refractivity contribution in [2.24, 2.45) is 11.8 Å². The monoisotopic (exact) mass is 307 g/mol. The van der Waals surface area contributed by atoms with Crippen molar-refractivity contribution in [1.82, 2.24) is 15.5 Å². The highest BCUT2D eigenvalue weighted by Gasteiger charge is 2.34. The molecule has 120 valence electrons. The zero-order valence-corrected chi connectivity index (χ0v) is 11.7. The number of carbonyl (C=O) groups is 2. The Labute approximate surface area is 121 Å². The Kier molecular flexibility index (Phi) is 5.08. The van der Waals surface area contributed by atoms with E-state index in [2.05, 4.69) is 10.6 Å². The molecule has 0 aliphatic carbocycles. The van der Waals surface area contributed by atoms with Gasteiger partial charge < -0.3 is 10.6 Å². The Morgan fingerprint density at radius 1 is 1.38 bits per heavy atom. The Morgan fingerprint density at radius 2 is 2.14 bits per heavy atom. The van der Waals surface area contributed by atoms with Gasteiger partial charge >= 0.3 is 6.18 Å². The average molecular weight is 307 g/mol. The fourth-order valence-electron chi connectivity index (χ4n) is 2.82. The Hall–Kier alpha value is -1.31. The quantitative estimate of drug-likeness (QED) is 0.796. The van der Waals surface area contributed by atoms with Gasteiger partial charge in [0.25, 0.3) is 0 Å². The summed E-state index contributed by atoms with van der Waals surface area (Å²) in [5.74, 6) is -0.327. The third kappa shape index (κ3) is 5.18. The van der Waals surface area contributed by atoms with E-state index in [1.807, 2.05) is 0 Å². The average Bonchev–Trinajstić information content (AvgIpc) is 2.82. The summed E-state index contributed by atoms with van der Waals surface area (Å²) in [6, 6.07) is 0. The van der Waals surface area contributed by atoms with Crippen LogP contribution in [0, 0.1) is 11.8 Å². The van der Waals surface area contributed by atoms with Gasteiger partial charge in [0.05, 0.1) is 12.5 Å². The molecule has 0 radical (unpaired) electrons. The van der Waals surface area contributed by atoms with Gasteiger partial charge in [-0.2, -0.15) is 13.2 Å². The molecule has 2 saturated heterocycles. The van der Waals surface area contributed by atoms with E-state index in [9.17, 15) is 22.8 Å². The molecule has 0 saturated carbocycles. The topological polar surface area (TPSA) is 61.4 Å². The molecule has 2 N–H and O–H groups in total. The fraction of sp³-hybridized carbons (Fsp3) is 0.846. The first-order chi connectivity index (χ1) is 9.83. The number of piperidine rings is 1. The van der Waals surface area contributed by atoms with Gasteiger partial charge in [-0.05, 0) is 25.3 Å². The maximum absolute atomic E-state index is 12.3. The van der Waals surface area contributed by atoms with Crippen LogP contribution >= 0.6 is 0 Å². The molecule has 2 rings (SSSR count). The van der Waals surface area contributed by atoms with Gasteiger partial charge in [-0.1, -0.05) is 0 Å². The van der Waals surface area contributed by atoms with Gasteiger partial charge in [0.1, 0.15) is 0 Å². The van der Waals surface area contributed by atoms with E-state index in [-0.39, 0.29) is 23.7 Å². The first-order valence-corrected chi connectivity index (χ1v) is 7.17. The van der Waals surface area contributed by atoms with E-state index in [1.54, 1.807) is 0 Å². The van der Waals surface area contributed by atoms with Crippen molar-refractivity contribution in [3.63, 3.8) is 0 Å². The second kappa shape index (κ2) is 6.64. The van der Waals surface area contributed by atoms with Crippen molar-refractivity contribution < 1.29 is 22.8 Å². The lowest BCUT2D eigenvalue weighted by molar-refractivity contribution is -0.144. The number of alkyl halides is 3. The Morgan fingerprint density at radius 3 is 2.76 bits per heavy atom. The summed E-state index contributed by atoms with van der Waals surface area (Å²) >= 11 is 0. The van der Waals surface area contributed by atoms with Gasteiger partial charge in [0.15, 0.2) is 0 Å². The summed E-state index contributed by atoms with van der Waals surface area (Å²) in [5.41, 5.74) is 0. The molecule has 5 nitrogen and oxygen atoms in total. The van der Waals surface area contributed by atoms with Crippen molar-refractivity contribution >= 4 is 11.8 Å². The van der Waals surface area contributed by atoms with Crippen molar-refractivity contribution in [3.8, 4) is 0 Å². The molecule has 0 aromatic carbocycles. The van der Waals surface area contributed by atoms with Gasteiger partial charge in [-0.3, -0.25) is 14.5 Å². The van der Waals surface area contributed by atoms with E-state index >= 15 is 0 Å². The number of nitrogens with zero attached hydrogens (tertiary/aromatic N) is 1. The van der Waals surface area contributed by atoms with Crippen LogP contribution in [0.15, 0.2) is 0 Å². The van der Waals surface area contributed by atoms with Crippen molar-refractivity contribution in [2.45, 2.75) is 25.4 Å². The van der Waals surface area contributed by atoms with Crippen LogP contribution in [-0.4, -0.2) is 55.6 Å². The zero-order chi connectivity index (χ0) is 15.5. The maximum atomic E-state index is 12.3. The number of hydrogen-bond acceptors (Lipinski definition) is 3. The van der Waals surface area contributed by atoms with Gasteiger partial charge in [0, 0.05) is 26.1 Å². The highest BCUT2D eigenvalue weighted by Crippen LogP contribution is 2.22. The summed E-state index contributed by atoms with van der Waals surface area (Å²) in [7, 11) is 0. The highest BCUT2D eigenvalue weighted by molar-refractivity contribution is 5.83. The molecule has 2 aliphatic rings. The fourth-order valence-corrected chi connectivity index (χ4v) is 2.82. The number of carbonyl (C=O) groups excluding carboxylic acids is 2. The number of hydrogen-bond donors (Lipinski definition) is 2. The number of likely N-dealkylation sites (tertiary alicyclic amines) is 1. The predicted molar refractivity (Wildman–Crippen MR) is 69.3 cm³/mol. The number of amides is 2. The first-order valence-electron chi connectivity index (χ1n) is 7.17. The molecular formula is C13H20F3N3O2. The molecule has 0 bridgehead atoms. The molecule has 0 aromatic heterocycles. The molecule has 8 heteroatoms. The van der Waals surface area contributed by atoms with Gasteiger partial charge in [-0.25, -0.2) is 0 Å². The van der Waals surface area contributed by atoms with Crippen LogP contribution in [0.4, 0.5) is 13.2 Å². The van der Waals surface area contributed by atoms with E-state index in [4.69, 9.17) is 0 Å². The lowest BCUT2D eigenvalue weighted by atomic mass is 9.98. The third-order valence-corrected chi connectivity index (χ3v) is 3.97. The van der Waals surface area contributed by atoms with Crippen molar-refractivity contribution in [2.75, 3.05) is 32.7 Å². The van der Waals surface area contributed by atoms with Crippen LogP contribution in [0.5, 0.6) is 0 Å². The lowest BCUT2D eigenvalue weighted by Gasteiger charge is -2.22. The van der Waals surface area contributed by atoms with E-state index in [1.165, 1.54) is 4.90 Å². The van der Waals surface area contributed by atoms with Gasteiger partial charge in [-0.15, -0.1) is 0 Å². The number of rotatable bonds is 4. The minimum absolute atomic E-state index is 0.0439. The molecule has 21 heavy (non-hydrogen) atoms. The zero-order valence-electron chi connectivity index (χ0n) is 11.7. The summed E-state index contributed by atoms with van der Waals surface area (Å²) in [4.78, 5) is 24.3. The Bertz CT molecular complexity index is 391. The molecular weight excluding hydrogens is 287 g/mol. The SMILES string of the molecule is O=C1CCC(C(=O)NCC2CCN(CC(F)(F)F)C2)CN1. The predicted octanol–water partition coefficient (Wildman–Crippen LogP) is 0.513. The second-order valence-corrected chi connectivity index (χ2v) is 5.79. The maximum Gasteiger partial charge on any atom is 0.401 e. The van der Waals surface area contributed by atoms with Crippen molar-refractivity contribution in [1.29, 1.82) is 0 Å². The first kappa shape index (κ1) is 16.1. The standard InChI is InChI=1S/C13H20F3N3O2/c14-13(15,16)8-19-4-3-9(7-19)5-18-12(21)10-1-2-11(20)17-6-10/h9-10H,1-8H2,(H,17,20)(H,18,21). The minimum atomic E-state index is -4.17. The smallest absolute Gasteiger partial charge is 0.355 e. The normalized spacial score (nSPS) is 27.5. The van der Waals surface area contributed by atoms with E-state index in [0.717, 1.165) is 0 Å². The van der Waals surface area contributed by atoms with Gasteiger partial charge in [0.2, 0.25) is 11.8 Å². The highest BCUT2D eigenvalue weighted by atomic mass is 19.4. The van der Waals surface area contributed by atoms with Crippen LogP contribution in [0.25, 0.3) is 0 Å².